The molecule has 0 saturated carbocycles. The molecule has 0 amide bonds. The Balaban J connectivity index is 2.33. The number of methoxy groups -OCH3 is 1. The van der Waals surface area contributed by atoms with Gasteiger partial charge in [-0.05, 0) is 69.2 Å². The van der Waals surface area contributed by atoms with E-state index in [0.29, 0.717) is 11.5 Å². The van der Waals surface area contributed by atoms with E-state index in [0.717, 1.165) is 11.1 Å². The van der Waals surface area contributed by atoms with Gasteiger partial charge in [-0.3, -0.25) is 0 Å². The Morgan fingerprint density at radius 3 is 2.17 bits per heavy atom. The van der Waals surface area contributed by atoms with Gasteiger partial charge in [-0.2, -0.15) is 8.42 Å². The first-order chi connectivity index (χ1) is 11.2. The van der Waals surface area contributed by atoms with Crippen molar-refractivity contribution in [3.05, 3.63) is 47.5 Å². The number of aryl methyl sites for hydroxylation is 2. The standard InChI is InChI=1S/C18H22O5S/c1-12(2)22-16-9-7-15(11-14(16)4)24(19,20)23-17-8-6-13(3)10-18(17)21-5/h6-12H,1-5H3. The van der Waals surface area contributed by atoms with E-state index in [9.17, 15) is 8.42 Å². The highest BCUT2D eigenvalue weighted by Gasteiger charge is 2.20. The minimum absolute atomic E-state index is 0.0132. The lowest BCUT2D eigenvalue weighted by Crippen LogP contribution is -2.12. The predicted octanol–water partition coefficient (Wildman–Crippen LogP) is 3.87. The molecule has 0 aromatic heterocycles. The molecular formula is C18H22O5S. The van der Waals surface area contributed by atoms with Crippen LogP contribution in [0, 0.1) is 13.8 Å². The van der Waals surface area contributed by atoms with Crippen LogP contribution in [0.25, 0.3) is 0 Å². The van der Waals surface area contributed by atoms with Gasteiger partial charge in [-0.15, -0.1) is 0 Å². The SMILES string of the molecule is COc1cc(C)ccc1OS(=O)(=O)c1ccc(OC(C)C)c(C)c1. The maximum atomic E-state index is 12.5. The molecule has 6 heteroatoms. The first kappa shape index (κ1) is 18.1. The lowest BCUT2D eigenvalue weighted by Gasteiger charge is -2.14. The highest BCUT2D eigenvalue weighted by molar-refractivity contribution is 7.87. The molecule has 0 radical (unpaired) electrons. The van der Waals surface area contributed by atoms with Gasteiger partial charge < -0.3 is 13.7 Å². The van der Waals surface area contributed by atoms with E-state index in [2.05, 4.69) is 0 Å². The zero-order valence-corrected chi connectivity index (χ0v) is 15.3. The van der Waals surface area contributed by atoms with E-state index in [1.807, 2.05) is 20.8 Å². The van der Waals surface area contributed by atoms with Crippen molar-refractivity contribution >= 4 is 10.1 Å². The summed E-state index contributed by atoms with van der Waals surface area (Å²) < 4.78 is 41.1. The van der Waals surface area contributed by atoms with Gasteiger partial charge in [-0.1, -0.05) is 6.07 Å². The van der Waals surface area contributed by atoms with Crippen molar-refractivity contribution in [2.24, 2.45) is 0 Å². The molecule has 0 N–H and O–H groups in total. The van der Waals surface area contributed by atoms with Crippen molar-refractivity contribution in [1.82, 2.24) is 0 Å². The number of hydrogen-bond acceptors (Lipinski definition) is 5. The maximum absolute atomic E-state index is 12.5. The van der Waals surface area contributed by atoms with Crippen LogP contribution >= 0.6 is 0 Å². The van der Waals surface area contributed by atoms with Crippen molar-refractivity contribution in [3.8, 4) is 17.2 Å². The molecule has 2 rings (SSSR count). The molecule has 24 heavy (non-hydrogen) atoms. The molecule has 0 bridgehead atoms. The number of ether oxygens (including phenoxy) is 2. The molecular weight excluding hydrogens is 328 g/mol. The molecule has 0 saturated heterocycles. The Hall–Kier alpha value is -2.21. The normalized spacial score (nSPS) is 11.4. The fourth-order valence-corrected chi connectivity index (χ4v) is 3.20. The van der Waals surface area contributed by atoms with Crippen LogP contribution in [0.2, 0.25) is 0 Å². The van der Waals surface area contributed by atoms with Crippen LogP contribution in [0.5, 0.6) is 17.2 Å². The molecule has 0 aliphatic rings. The summed E-state index contributed by atoms with van der Waals surface area (Å²) in [5, 5.41) is 0. The zero-order valence-electron chi connectivity index (χ0n) is 14.5. The second kappa shape index (κ2) is 7.13. The Bertz CT molecular complexity index is 825. The number of rotatable bonds is 6. The van der Waals surface area contributed by atoms with E-state index in [1.165, 1.54) is 19.2 Å². The first-order valence-corrected chi connectivity index (χ1v) is 9.00. The second-order valence-corrected chi connectivity index (χ2v) is 7.33. The predicted molar refractivity (Wildman–Crippen MR) is 92.5 cm³/mol. The van der Waals surface area contributed by atoms with Crippen LogP contribution in [0.3, 0.4) is 0 Å². The largest absolute Gasteiger partial charge is 0.493 e. The van der Waals surface area contributed by atoms with E-state index in [-0.39, 0.29) is 16.7 Å². The van der Waals surface area contributed by atoms with Crippen molar-refractivity contribution in [3.63, 3.8) is 0 Å². The van der Waals surface area contributed by atoms with Crippen molar-refractivity contribution in [2.75, 3.05) is 7.11 Å². The Morgan fingerprint density at radius 2 is 1.58 bits per heavy atom. The smallest absolute Gasteiger partial charge is 0.339 e. The molecule has 130 valence electrons. The molecule has 0 aliphatic heterocycles. The summed E-state index contributed by atoms with van der Waals surface area (Å²) >= 11 is 0. The highest BCUT2D eigenvalue weighted by atomic mass is 32.2. The summed E-state index contributed by atoms with van der Waals surface area (Å²) in [5.74, 6) is 1.18. The van der Waals surface area contributed by atoms with Crippen LogP contribution in [-0.2, 0) is 10.1 Å². The zero-order chi connectivity index (χ0) is 17.9. The van der Waals surface area contributed by atoms with E-state index >= 15 is 0 Å². The van der Waals surface area contributed by atoms with Gasteiger partial charge in [0.15, 0.2) is 11.5 Å². The number of benzene rings is 2. The molecule has 0 heterocycles. The monoisotopic (exact) mass is 350 g/mol. The summed E-state index contributed by atoms with van der Waals surface area (Å²) in [6.45, 7) is 7.51. The highest BCUT2D eigenvalue weighted by Crippen LogP contribution is 2.31. The lowest BCUT2D eigenvalue weighted by atomic mass is 10.2. The summed E-state index contributed by atoms with van der Waals surface area (Å²) in [5.41, 5.74) is 1.67. The van der Waals surface area contributed by atoms with Crippen LogP contribution < -0.4 is 13.7 Å². The van der Waals surface area contributed by atoms with Gasteiger partial charge in [0.1, 0.15) is 10.6 Å². The average Bonchev–Trinajstić information content (AvgIpc) is 2.50. The van der Waals surface area contributed by atoms with Crippen LogP contribution in [0.15, 0.2) is 41.3 Å². The second-order valence-electron chi connectivity index (χ2n) is 5.79. The lowest BCUT2D eigenvalue weighted by molar-refractivity contribution is 0.240. The van der Waals surface area contributed by atoms with Crippen molar-refractivity contribution < 1.29 is 22.1 Å². The summed E-state index contributed by atoms with van der Waals surface area (Å²) in [4.78, 5) is 0.0683. The van der Waals surface area contributed by atoms with Gasteiger partial charge >= 0.3 is 10.1 Å². The maximum Gasteiger partial charge on any atom is 0.339 e. The topological polar surface area (TPSA) is 61.8 Å². The average molecular weight is 350 g/mol. The minimum atomic E-state index is -3.96. The summed E-state index contributed by atoms with van der Waals surface area (Å²) in [7, 11) is -2.49. The fraction of sp³-hybridized carbons (Fsp3) is 0.333. The summed E-state index contributed by atoms with van der Waals surface area (Å²) in [6.07, 6.45) is 0.0132. The van der Waals surface area contributed by atoms with Crippen LogP contribution in [0.1, 0.15) is 25.0 Å². The molecule has 0 spiro atoms. The molecule has 0 aliphatic carbocycles. The van der Waals surface area contributed by atoms with Gasteiger partial charge in [0.05, 0.1) is 13.2 Å². The summed E-state index contributed by atoms with van der Waals surface area (Å²) in [6, 6.07) is 9.70. The van der Waals surface area contributed by atoms with Gasteiger partial charge in [0, 0.05) is 0 Å². The molecule has 0 fully saturated rings. The molecule has 2 aromatic carbocycles. The van der Waals surface area contributed by atoms with E-state index in [4.69, 9.17) is 13.7 Å². The van der Waals surface area contributed by atoms with Crippen molar-refractivity contribution in [2.45, 2.75) is 38.7 Å². The van der Waals surface area contributed by atoms with Gasteiger partial charge in [0.25, 0.3) is 0 Å². The quantitative estimate of drug-likeness (QED) is 0.740. The molecule has 2 aromatic rings. The third-order valence-corrected chi connectivity index (χ3v) is 4.55. The van der Waals surface area contributed by atoms with Gasteiger partial charge in [-0.25, -0.2) is 0 Å². The third kappa shape index (κ3) is 4.20. The van der Waals surface area contributed by atoms with Crippen LogP contribution in [-0.4, -0.2) is 21.6 Å². The fourth-order valence-electron chi connectivity index (χ4n) is 2.17. The Labute approximate surface area is 143 Å². The van der Waals surface area contributed by atoms with Crippen LogP contribution in [0.4, 0.5) is 0 Å². The Morgan fingerprint density at radius 1 is 0.917 bits per heavy atom. The molecule has 5 nitrogen and oxygen atoms in total. The van der Waals surface area contributed by atoms with Crippen molar-refractivity contribution in [1.29, 1.82) is 0 Å². The molecule has 0 unspecified atom stereocenters. The third-order valence-electron chi connectivity index (χ3n) is 3.32. The molecule has 0 atom stereocenters. The van der Waals surface area contributed by atoms with Gasteiger partial charge in [0.2, 0.25) is 0 Å². The van der Waals surface area contributed by atoms with E-state index in [1.54, 1.807) is 31.2 Å². The number of hydrogen-bond donors (Lipinski definition) is 0. The minimum Gasteiger partial charge on any atom is -0.493 e. The Kier molecular flexibility index (Phi) is 5.39. The van der Waals surface area contributed by atoms with E-state index < -0.39 is 10.1 Å². The first-order valence-electron chi connectivity index (χ1n) is 7.59.